The van der Waals surface area contributed by atoms with E-state index < -0.39 is 40.9 Å². The van der Waals surface area contributed by atoms with E-state index in [1.54, 1.807) is 0 Å². The molecule has 1 aromatic rings. The zero-order valence-electron chi connectivity index (χ0n) is 10.1. The number of halogens is 6. The lowest BCUT2D eigenvalue weighted by Gasteiger charge is -2.22. The highest BCUT2D eigenvalue weighted by atomic mass is 35.5. The fourth-order valence-corrected chi connectivity index (χ4v) is 1.33. The second-order valence-corrected chi connectivity index (χ2v) is 3.61. The molecular weight excluding hydrogens is 309 g/mol. The fourth-order valence-electron chi connectivity index (χ4n) is 1.33. The van der Waals surface area contributed by atoms with Gasteiger partial charge in [-0.1, -0.05) is 0 Å². The van der Waals surface area contributed by atoms with Crippen molar-refractivity contribution in [3.8, 4) is 0 Å². The molecule has 0 radical (unpaired) electrons. The molecule has 0 spiro atoms. The highest BCUT2D eigenvalue weighted by Gasteiger charge is 2.48. The number of nitrogens with two attached hydrogens (primary N) is 1. The molecule has 0 amide bonds. The zero-order chi connectivity index (χ0) is 14.8. The zero-order valence-corrected chi connectivity index (χ0v) is 10.9. The van der Waals surface area contributed by atoms with E-state index in [1.807, 2.05) is 0 Å². The van der Waals surface area contributed by atoms with Crippen LogP contribution in [0.25, 0.3) is 0 Å². The number of ether oxygens (including phenoxy) is 1. The van der Waals surface area contributed by atoms with Crippen molar-refractivity contribution in [2.75, 3.05) is 6.61 Å². The molecule has 0 unspecified atom stereocenters. The minimum atomic E-state index is -4.26. The van der Waals surface area contributed by atoms with Crippen molar-refractivity contribution in [3.63, 3.8) is 0 Å². The van der Waals surface area contributed by atoms with E-state index >= 15 is 0 Å². The van der Waals surface area contributed by atoms with Crippen molar-refractivity contribution in [3.05, 3.63) is 35.1 Å². The van der Waals surface area contributed by atoms with E-state index in [-0.39, 0.29) is 31.1 Å². The van der Waals surface area contributed by atoms with Crippen LogP contribution in [0.1, 0.15) is 18.5 Å². The monoisotopic (exact) mass is 319 g/mol. The number of benzene rings is 1. The van der Waals surface area contributed by atoms with Crippen LogP contribution in [0.5, 0.6) is 0 Å². The maximum atomic E-state index is 13.5. The molecule has 114 valence electrons. The van der Waals surface area contributed by atoms with Crippen molar-refractivity contribution in [2.24, 2.45) is 5.73 Å². The lowest BCUT2D eigenvalue weighted by molar-refractivity contribution is -0.174. The average Bonchev–Trinajstić information content (AvgIpc) is 2.33. The van der Waals surface area contributed by atoms with E-state index in [2.05, 4.69) is 4.74 Å². The Kier molecular flexibility index (Phi) is 6.36. The molecule has 0 heterocycles. The number of hydrogen-bond acceptors (Lipinski definition) is 3. The normalized spacial score (nSPS) is 12.6. The molecule has 1 aromatic carbocycles. The van der Waals surface area contributed by atoms with Gasteiger partial charge in [-0.05, 0) is 13.0 Å². The molecule has 1 atom stereocenters. The topological polar surface area (TPSA) is 52.3 Å². The summed E-state index contributed by atoms with van der Waals surface area (Å²) in [5.41, 5.74) is 4.03. The van der Waals surface area contributed by atoms with Crippen LogP contribution >= 0.6 is 12.4 Å². The third-order valence-electron chi connectivity index (χ3n) is 2.31. The number of alkyl halides is 2. The van der Waals surface area contributed by atoms with Gasteiger partial charge in [0, 0.05) is 11.6 Å². The molecule has 0 aliphatic carbocycles. The van der Waals surface area contributed by atoms with Crippen LogP contribution in [0, 0.1) is 17.5 Å². The third kappa shape index (κ3) is 3.57. The van der Waals surface area contributed by atoms with Gasteiger partial charge in [0.15, 0.2) is 11.6 Å². The molecule has 3 nitrogen and oxygen atoms in total. The molecule has 1 rings (SSSR count). The Morgan fingerprint density at radius 2 is 1.75 bits per heavy atom. The Hall–Kier alpha value is -1.41. The van der Waals surface area contributed by atoms with Crippen molar-refractivity contribution in [2.45, 2.75) is 18.9 Å². The molecule has 0 aliphatic rings. The maximum Gasteiger partial charge on any atom is 0.379 e. The largest absolute Gasteiger partial charge is 0.462 e. The highest BCUT2D eigenvalue weighted by Crippen LogP contribution is 2.32. The third-order valence-corrected chi connectivity index (χ3v) is 2.31. The number of rotatable bonds is 4. The van der Waals surface area contributed by atoms with Gasteiger partial charge >= 0.3 is 11.9 Å². The molecule has 0 saturated carbocycles. The Labute approximate surface area is 117 Å². The van der Waals surface area contributed by atoms with E-state index in [9.17, 15) is 26.7 Å². The maximum absolute atomic E-state index is 13.5. The van der Waals surface area contributed by atoms with Crippen LogP contribution in [0.4, 0.5) is 22.0 Å². The Balaban J connectivity index is 0.00000361. The smallest absolute Gasteiger partial charge is 0.379 e. The predicted molar refractivity (Wildman–Crippen MR) is 62.1 cm³/mol. The molecular formula is C11H11ClF5NO2. The molecule has 0 saturated heterocycles. The fraction of sp³-hybridized carbons (Fsp3) is 0.364. The van der Waals surface area contributed by atoms with Gasteiger partial charge in [-0.2, -0.15) is 8.78 Å². The van der Waals surface area contributed by atoms with E-state index in [0.717, 1.165) is 0 Å². The molecule has 20 heavy (non-hydrogen) atoms. The van der Waals surface area contributed by atoms with Gasteiger partial charge in [-0.15, -0.1) is 12.4 Å². The minimum absolute atomic E-state index is 0. The van der Waals surface area contributed by atoms with Gasteiger partial charge < -0.3 is 10.5 Å². The first-order chi connectivity index (χ1) is 8.71. The van der Waals surface area contributed by atoms with Crippen molar-refractivity contribution < 1.29 is 31.5 Å². The van der Waals surface area contributed by atoms with Crippen LogP contribution in [0.3, 0.4) is 0 Å². The van der Waals surface area contributed by atoms with Gasteiger partial charge in [0.25, 0.3) is 0 Å². The number of esters is 1. The molecule has 9 heteroatoms. The summed E-state index contributed by atoms with van der Waals surface area (Å²) in [5.74, 6) is -10.8. The van der Waals surface area contributed by atoms with Crippen LogP contribution in [0.15, 0.2) is 12.1 Å². The Bertz CT molecular complexity index is 498. The Morgan fingerprint density at radius 3 is 2.25 bits per heavy atom. The number of carbonyl (C=O) groups excluding carboxylic acids is 1. The van der Waals surface area contributed by atoms with Gasteiger partial charge in [-0.3, -0.25) is 0 Å². The second kappa shape index (κ2) is 6.85. The van der Waals surface area contributed by atoms with Gasteiger partial charge in [0.2, 0.25) is 0 Å². The van der Waals surface area contributed by atoms with Crippen LogP contribution in [-0.4, -0.2) is 18.5 Å². The summed E-state index contributed by atoms with van der Waals surface area (Å²) >= 11 is 0. The van der Waals surface area contributed by atoms with Gasteiger partial charge in [0.1, 0.15) is 11.9 Å². The highest BCUT2D eigenvalue weighted by molar-refractivity contribution is 5.85. The first-order valence-electron chi connectivity index (χ1n) is 5.16. The van der Waals surface area contributed by atoms with Crippen LogP contribution in [0.2, 0.25) is 0 Å². The molecule has 0 aliphatic heterocycles. The lowest BCUT2D eigenvalue weighted by Crippen LogP contribution is -2.42. The summed E-state index contributed by atoms with van der Waals surface area (Å²) in [7, 11) is 0. The number of hydrogen-bond donors (Lipinski definition) is 1. The van der Waals surface area contributed by atoms with E-state index in [1.165, 1.54) is 6.92 Å². The Morgan fingerprint density at radius 1 is 1.25 bits per heavy atom. The summed E-state index contributed by atoms with van der Waals surface area (Å²) < 4.78 is 70.0. The standard InChI is InChI=1S/C11H10F5NO2.ClH/c1-2-19-10(18)11(15,16)9(17)5-3-7(13)8(14)4-6(5)12;/h3-4,9H,2,17H2,1H3;1H/t9-;/m0./s1. The van der Waals surface area contributed by atoms with E-state index in [0.29, 0.717) is 0 Å². The summed E-state index contributed by atoms with van der Waals surface area (Å²) in [5, 5.41) is 0. The van der Waals surface area contributed by atoms with Gasteiger partial charge in [0.05, 0.1) is 6.61 Å². The summed E-state index contributed by atoms with van der Waals surface area (Å²) in [4.78, 5) is 11.0. The molecule has 0 aromatic heterocycles. The SMILES string of the molecule is CCOC(=O)C(F)(F)[C@@H](N)c1cc(F)c(F)cc1F.Cl. The average molecular weight is 320 g/mol. The molecule has 0 fully saturated rings. The lowest BCUT2D eigenvalue weighted by atomic mass is 10.0. The summed E-state index contributed by atoms with van der Waals surface area (Å²) in [6.07, 6.45) is 0. The summed E-state index contributed by atoms with van der Waals surface area (Å²) in [6.45, 7) is 0.957. The number of carbonyl (C=O) groups is 1. The quantitative estimate of drug-likeness (QED) is 0.527. The van der Waals surface area contributed by atoms with Crippen molar-refractivity contribution in [1.29, 1.82) is 0 Å². The van der Waals surface area contributed by atoms with E-state index in [4.69, 9.17) is 5.73 Å². The molecule has 0 bridgehead atoms. The van der Waals surface area contributed by atoms with Crippen LogP contribution < -0.4 is 5.73 Å². The summed E-state index contributed by atoms with van der Waals surface area (Å²) in [6, 6.07) is -2.23. The van der Waals surface area contributed by atoms with Crippen molar-refractivity contribution >= 4 is 18.4 Å². The first-order valence-corrected chi connectivity index (χ1v) is 5.16. The first kappa shape index (κ1) is 18.6. The van der Waals surface area contributed by atoms with Gasteiger partial charge in [-0.25, -0.2) is 18.0 Å². The van der Waals surface area contributed by atoms with Crippen molar-refractivity contribution in [1.82, 2.24) is 0 Å². The van der Waals surface area contributed by atoms with Crippen LogP contribution in [-0.2, 0) is 9.53 Å². The molecule has 2 N–H and O–H groups in total. The minimum Gasteiger partial charge on any atom is -0.462 e. The predicted octanol–water partition coefficient (Wildman–Crippen LogP) is 2.72. The second-order valence-electron chi connectivity index (χ2n) is 3.61.